The summed E-state index contributed by atoms with van der Waals surface area (Å²) in [5.41, 5.74) is 1.36. The van der Waals surface area contributed by atoms with E-state index in [9.17, 15) is 14.9 Å². The first-order valence-electron chi connectivity index (χ1n) is 13.2. The zero-order valence-electron chi connectivity index (χ0n) is 24.5. The van der Waals surface area contributed by atoms with Crippen molar-refractivity contribution in [1.82, 2.24) is 5.32 Å². The van der Waals surface area contributed by atoms with Gasteiger partial charge >= 0.3 is 12.1 Å². The van der Waals surface area contributed by atoms with Crippen LogP contribution in [0.4, 0.5) is 4.79 Å². The number of oxime groups is 1. The first kappa shape index (κ1) is 34.2. The summed E-state index contributed by atoms with van der Waals surface area (Å²) in [6, 6.07) is 25.5. The van der Waals surface area contributed by atoms with Gasteiger partial charge in [0.05, 0.1) is 12.1 Å². The molecule has 0 radical (unpaired) electrons. The number of halogens is 1. The molecule has 0 aromatic heterocycles. The van der Waals surface area contributed by atoms with Crippen molar-refractivity contribution in [3.8, 4) is 17.6 Å². The third kappa shape index (κ3) is 11.5. The van der Waals surface area contributed by atoms with Crippen LogP contribution in [-0.2, 0) is 14.4 Å². The van der Waals surface area contributed by atoms with Crippen LogP contribution in [0.3, 0.4) is 0 Å². The van der Waals surface area contributed by atoms with Gasteiger partial charge in [-0.1, -0.05) is 73.1 Å². The molecule has 42 heavy (non-hydrogen) atoms. The Balaban J connectivity index is 0.000000435. The van der Waals surface area contributed by atoms with Crippen LogP contribution < -0.4 is 10.1 Å². The van der Waals surface area contributed by atoms with Crippen LogP contribution in [0.25, 0.3) is 0 Å². The molecule has 8 nitrogen and oxygen atoms in total. The molecule has 3 aromatic carbocycles. The molecule has 1 amide bonds. The lowest BCUT2D eigenvalue weighted by Crippen LogP contribution is -2.22. The molecule has 0 spiro atoms. The number of nitrogens with zero attached hydrogens (tertiary/aromatic N) is 2. The van der Waals surface area contributed by atoms with E-state index in [1.54, 1.807) is 54.4 Å². The number of nitriles is 1. The second kappa shape index (κ2) is 17.1. The van der Waals surface area contributed by atoms with Gasteiger partial charge < -0.3 is 14.8 Å². The van der Waals surface area contributed by atoms with E-state index in [4.69, 9.17) is 21.1 Å². The highest BCUT2D eigenvalue weighted by Crippen LogP contribution is 2.31. The van der Waals surface area contributed by atoms with Crippen LogP contribution in [0.2, 0.25) is 5.02 Å². The summed E-state index contributed by atoms with van der Waals surface area (Å²) in [6.45, 7) is 7.84. The van der Waals surface area contributed by atoms with Crippen molar-refractivity contribution in [3.63, 3.8) is 0 Å². The van der Waals surface area contributed by atoms with Crippen LogP contribution in [0.1, 0.15) is 50.8 Å². The second-order valence-corrected chi connectivity index (χ2v) is 11.8. The van der Waals surface area contributed by atoms with E-state index in [0.29, 0.717) is 22.1 Å². The number of hydrogen-bond acceptors (Lipinski definition) is 8. The van der Waals surface area contributed by atoms with Gasteiger partial charge in [-0.05, 0) is 68.0 Å². The number of benzene rings is 3. The normalized spacial score (nSPS) is 12.4. The van der Waals surface area contributed by atoms with Gasteiger partial charge in [0.1, 0.15) is 17.6 Å². The van der Waals surface area contributed by atoms with Crippen LogP contribution in [0.5, 0.6) is 11.5 Å². The molecule has 0 aliphatic heterocycles. The lowest BCUT2D eigenvalue weighted by molar-refractivity contribution is -0.150. The Labute approximate surface area is 257 Å². The zero-order chi connectivity index (χ0) is 31.1. The Morgan fingerprint density at radius 2 is 1.64 bits per heavy atom. The number of hydrogen-bond donors (Lipinski definition) is 1. The van der Waals surface area contributed by atoms with Crippen molar-refractivity contribution in [2.24, 2.45) is 11.1 Å². The number of carbonyl (C=O) groups excluding carboxylic acids is 2. The van der Waals surface area contributed by atoms with E-state index in [1.807, 2.05) is 76.4 Å². The van der Waals surface area contributed by atoms with E-state index in [-0.39, 0.29) is 10.7 Å². The van der Waals surface area contributed by atoms with Crippen LogP contribution in [0.15, 0.2) is 84.0 Å². The van der Waals surface area contributed by atoms with Crippen LogP contribution in [-0.4, -0.2) is 36.3 Å². The second-order valence-electron chi connectivity index (χ2n) is 9.88. The van der Waals surface area contributed by atoms with Crippen LogP contribution in [0, 0.1) is 17.2 Å². The highest BCUT2D eigenvalue weighted by Gasteiger charge is 2.29. The van der Waals surface area contributed by atoms with Crippen molar-refractivity contribution in [2.75, 3.05) is 13.3 Å². The highest BCUT2D eigenvalue weighted by molar-refractivity contribution is 8.00. The first-order chi connectivity index (χ1) is 20.0. The third-order valence-electron chi connectivity index (χ3n) is 5.87. The van der Waals surface area contributed by atoms with E-state index >= 15 is 0 Å². The summed E-state index contributed by atoms with van der Waals surface area (Å²) < 4.78 is 11.3. The largest absolute Gasteiger partial charge is 0.457 e. The molecule has 0 saturated carbocycles. The standard InChI is InChI=1S/C25H22ClNO3.C7H14N2O2S/c1-17(2)24(18-11-13-20(26)14-12-18)25(28)30-23(16-27)19-7-6-10-22(15-19)29-21-8-4-3-5-9-21;1-7(2,12-4)5-9-11-6(10)8-3/h3-15,17,23-24H,1-2H3;5H,1-4H3,(H,8,10)/b;9-5+/t23-,24+;/m1./s1. The van der Waals surface area contributed by atoms with Crippen molar-refractivity contribution in [1.29, 1.82) is 5.26 Å². The predicted molar refractivity (Wildman–Crippen MR) is 168 cm³/mol. The average molecular weight is 610 g/mol. The molecule has 1 N–H and O–H groups in total. The molecule has 0 bridgehead atoms. The maximum Gasteiger partial charge on any atom is 0.433 e. The minimum Gasteiger partial charge on any atom is -0.457 e. The molecular weight excluding hydrogens is 574 g/mol. The molecule has 0 fully saturated rings. The quantitative estimate of drug-likeness (QED) is 0.107. The van der Waals surface area contributed by atoms with Gasteiger partial charge in [-0.3, -0.25) is 9.63 Å². The summed E-state index contributed by atoms with van der Waals surface area (Å²) in [4.78, 5) is 27.9. The van der Waals surface area contributed by atoms with Crippen molar-refractivity contribution >= 4 is 41.6 Å². The third-order valence-corrected chi connectivity index (χ3v) is 7.28. The number of carbonyl (C=O) groups is 2. The van der Waals surface area contributed by atoms with E-state index < -0.39 is 24.1 Å². The van der Waals surface area contributed by atoms with Gasteiger partial charge in [-0.2, -0.15) is 17.0 Å². The van der Waals surface area contributed by atoms with Gasteiger partial charge in [-0.15, -0.1) is 0 Å². The number of thioether (sulfide) groups is 1. The lowest BCUT2D eigenvalue weighted by atomic mass is 9.88. The summed E-state index contributed by atoms with van der Waals surface area (Å²) in [5, 5.41) is 16.1. The molecule has 0 aliphatic carbocycles. The Bertz CT molecular complexity index is 1360. The average Bonchev–Trinajstić information content (AvgIpc) is 2.97. The van der Waals surface area contributed by atoms with Gasteiger partial charge in [0.2, 0.25) is 6.10 Å². The number of nitrogens with one attached hydrogen (secondary N) is 1. The van der Waals surface area contributed by atoms with Gasteiger partial charge in [-0.25, -0.2) is 4.79 Å². The van der Waals surface area contributed by atoms with Gasteiger partial charge in [0.15, 0.2) is 0 Å². The van der Waals surface area contributed by atoms with Crippen LogP contribution >= 0.6 is 23.4 Å². The summed E-state index contributed by atoms with van der Waals surface area (Å²) in [7, 11) is 1.48. The maximum atomic E-state index is 13.0. The first-order valence-corrected chi connectivity index (χ1v) is 14.8. The molecule has 3 aromatic rings. The minimum atomic E-state index is -1.04. The SMILES string of the molecule is CC(C)[C@H](C(=O)O[C@H](C#N)c1cccc(Oc2ccccc2)c1)c1ccc(Cl)cc1.CNC(=O)O/N=C/C(C)(C)SC. The van der Waals surface area contributed by atoms with E-state index in [1.165, 1.54) is 7.05 Å². The predicted octanol–water partition coefficient (Wildman–Crippen LogP) is 8.15. The van der Waals surface area contributed by atoms with Crippen molar-refractivity contribution in [3.05, 3.63) is 95.0 Å². The Morgan fingerprint density at radius 3 is 2.21 bits per heavy atom. The topological polar surface area (TPSA) is 110 Å². The molecule has 0 heterocycles. The summed E-state index contributed by atoms with van der Waals surface area (Å²) >= 11 is 7.59. The minimum absolute atomic E-state index is 0.00855. The Morgan fingerprint density at radius 1 is 1.00 bits per heavy atom. The molecule has 0 unspecified atom stereocenters. The fourth-order valence-electron chi connectivity index (χ4n) is 3.49. The zero-order valence-corrected chi connectivity index (χ0v) is 26.1. The summed E-state index contributed by atoms with van der Waals surface area (Å²) in [6.07, 6.45) is 1.97. The lowest BCUT2D eigenvalue weighted by Gasteiger charge is -2.22. The van der Waals surface area contributed by atoms with Gasteiger partial charge in [0.25, 0.3) is 0 Å². The molecule has 3 rings (SSSR count). The number of amides is 1. The molecule has 10 heteroatoms. The monoisotopic (exact) mass is 609 g/mol. The molecule has 222 valence electrons. The number of esters is 1. The van der Waals surface area contributed by atoms with Gasteiger partial charge in [0, 0.05) is 22.4 Å². The maximum absolute atomic E-state index is 13.0. The van der Waals surface area contributed by atoms with Crippen molar-refractivity contribution in [2.45, 2.75) is 44.5 Å². The Kier molecular flexibility index (Phi) is 13.9. The number of ether oxygens (including phenoxy) is 2. The molecule has 0 saturated heterocycles. The number of para-hydroxylation sites is 1. The Hall–Kier alpha value is -4.00. The molecular formula is C32H36ClN3O5S. The van der Waals surface area contributed by atoms with E-state index in [0.717, 1.165) is 5.56 Å². The van der Waals surface area contributed by atoms with E-state index in [2.05, 4.69) is 21.4 Å². The fourth-order valence-corrected chi connectivity index (χ4v) is 3.76. The van der Waals surface area contributed by atoms with Crippen molar-refractivity contribution < 1.29 is 23.9 Å². The molecule has 0 aliphatic rings. The highest BCUT2D eigenvalue weighted by atomic mass is 35.5. The number of rotatable bonds is 10. The summed E-state index contributed by atoms with van der Waals surface area (Å²) in [5.74, 6) is 0.289. The fraction of sp³-hybridized carbons (Fsp3) is 0.312. The molecule has 2 atom stereocenters. The smallest absolute Gasteiger partial charge is 0.433 e.